The molecule has 0 unspecified atom stereocenters. The maximum Gasteiger partial charge on any atom is 0.260 e. The number of nitrogens with one attached hydrogen (secondary N) is 4. The minimum absolute atomic E-state index is 0.0881. The van der Waals surface area contributed by atoms with Crippen molar-refractivity contribution in [3.8, 4) is 12.1 Å². The molecule has 0 fully saturated rings. The molecule has 2 heterocycles. The van der Waals surface area contributed by atoms with Crippen LogP contribution in [-0.4, -0.2) is 28.5 Å². The van der Waals surface area contributed by atoms with Crippen molar-refractivity contribution < 1.29 is 8.78 Å². The SMILES string of the molecule is CC(C)(C)CNc1c(C#N)cnc2c(C#N)cc(N[C@H](/C(=C/NC(C)(C)C(F)F)NN)c3cccc4ncccc34)cc12. The number of nitriles is 2. The van der Waals surface area contributed by atoms with Crippen LogP contribution in [-0.2, 0) is 0 Å². The minimum atomic E-state index is -2.64. The first kappa shape index (κ1) is 30.9. The Bertz CT molecular complexity index is 1740. The molecule has 0 bridgehead atoms. The molecule has 222 valence electrons. The summed E-state index contributed by atoms with van der Waals surface area (Å²) in [4.78, 5) is 8.89. The number of alkyl halides is 2. The van der Waals surface area contributed by atoms with E-state index < -0.39 is 18.0 Å². The average Bonchev–Trinajstić information content (AvgIpc) is 2.98. The van der Waals surface area contributed by atoms with Gasteiger partial charge in [0.05, 0.1) is 45.1 Å². The summed E-state index contributed by atoms with van der Waals surface area (Å²) in [6, 6.07) is 16.5. The lowest BCUT2D eigenvalue weighted by Gasteiger charge is -2.28. The summed E-state index contributed by atoms with van der Waals surface area (Å²) in [7, 11) is 0. The van der Waals surface area contributed by atoms with Crippen molar-refractivity contribution in [2.45, 2.75) is 52.6 Å². The van der Waals surface area contributed by atoms with E-state index in [2.05, 4.69) is 64.3 Å². The molecule has 2 aromatic heterocycles. The third kappa shape index (κ3) is 6.91. The first-order valence-corrected chi connectivity index (χ1v) is 13.7. The quantitative estimate of drug-likeness (QED) is 0.111. The number of hydrogen-bond donors (Lipinski definition) is 5. The number of aromatic nitrogens is 2. The number of nitrogens with two attached hydrogens (primary N) is 1. The van der Waals surface area contributed by atoms with E-state index in [1.54, 1.807) is 12.3 Å². The molecular weight excluding hydrogens is 548 g/mol. The predicted octanol–water partition coefficient (Wildman–Crippen LogP) is 6.08. The summed E-state index contributed by atoms with van der Waals surface area (Å²) >= 11 is 0. The van der Waals surface area contributed by atoms with Gasteiger partial charge in [-0.1, -0.05) is 39.0 Å². The van der Waals surface area contributed by atoms with E-state index in [4.69, 9.17) is 5.84 Å². The van der Waals surface area contributed by atoms with Crippen LogP contribution >= 0.6 is 0 Å². The van der Waals surface area contributed by atoms with E-state index >= 15 is 0 Å². The van der Waals surface area contributed by atoms with E-state index in [1.165, 1.54) is 26.2 Å². The molecule has 6 N–H and O–H groups in total. The number of benzene rings is 2. The van der Waals surface area contributed by atoms with Gasteiger partial charge in [0, 0.05) is 41.6 Å². The van der Waals surface area contributed by atoms with Gasteiger partial charge in [-0.05, 0) is 49.1 Å². The standard InChI is InChI=1S/C32H35F2N9/c1-31(2,3)18-40-28-20(15-36)16-39-27-19(14-35)12-21(13-24(27)28)42-29(26(43-37)17-41-32(4,5)30(33)34)23-8-6-10-25-22(23)9-7-11-38-25/h6-13,16-17,29-30,41-43H,18,37H2,1-5H3,(H,39,40)/b26-17-/t29-/m0/s1. The number of halogens is 2. The molecule has 0 amide bonds. The highest BCUT2D eigenvalue weighted by molar-refractivity contribution is 5.99. The van der Waals surface area contributed by atoms with Gasteiger partial charge in [0.2, 0.25) is 0 Å². The Morgan fingerprint density at radius 2 is 1.74 bits per heavy atom. The number of hydrazine groups is 1. The molecule has 11 heteroatoms. The Morgan fingerprint density at radius 1 is 1.00 bits per heavy atom. The first-order chi connectivity index (χ1) is 20.4. The summed E-state index contributed by atoms with van der Waals surface area (Å²) in [5.74, 6) is 5.99. The van der Waals surface area contributed by atoms with Crippen molar-refractivity contribution in [3.63, 3.8) is 0 Å². The lowest BCUT2D eigenvalue weighted by molar-refractivity contribution is 0.0590. The molecule has 4 aromatic rings. The average molecular weight is 584 g/mol. The zero-order valence-electron chi connectivity index (χ0n) is 24.8. The second kappa shape index (κ2) is 12.5. The van der Waals surface area contributed by atoms with Crippen LogP contribution in [0.15, 0.2) is 66.8 Å². The van der Waals surface area contributed by atoms with E-state index in [9.17, 15) is 19.3 Å². The molecule has 2 aromatic carbocycles. The number of nitrogens with zero attached hydrogens (tertiary/aromatic N) is 4. The molecule has 0 saturated heterocycles. The molecule has 0 saturated carbocycles. The second-order valence-electron chi connectivity index (χ2n) is 12.0. The van der Waals surface area contributed by atoms with Crippen LogP contribution in [0.5, 0.6) is 0 Å². The van der Waals surface area contributed by atoms with Crippen LogP contribution in [0, 0.1) is 28.1 Å². The van der Waals surface area contributed by atoms with Crippen LogP contribution in [0.4, 0.5) is 20.2 Å². The zero-order valence-corrected chi connectivity index (χ0v) is 24.8. The van der Waals surface area contributed by atoms with Crippen molar-refractivity contribution in [1.82, 2.24) is 20.7 Å². The van der Waals surface area contributed by atoms with Crippen molar-refractivity contribution in [2.24, 2.45) is 11.3 Å². The van der Waals surface area contributed by atoms with Gasteiger partial charge in [-0.15, -0.1) is 0 Å². The van der Waals surface area contributed by atoms with Gasteiger partial charge in [0.15, 0.2) is 0 Å². The zero-order chi connectivity index (χ0) is 31.4. The maximum absolute atomic E-state index is 13.7. The lowest BCUT2D eigenvalue weighted by Crippen LogP contribution is -2.44. The van der Waals surface area contributed by atoms with Gasteiger partial charge in [0.25, 0.3) is 6.43 Å². The van der Waals surface area contributed by atoms with Crippen molar-refractivity contribution in [3.05, 3.63) is 83.4 Å². The Hall–Kier alpha value is -5.00. The van der Waals surface area contributed by atoms with Gasteiger partial charge in [-0.2, -0.15) is 10.5 Å². The monoisotopic (exact) mass is 583 g/mol. The third-order valence-electron chi connectivity index (χ3n) is 6.93. The van der Waals surface area contributed by atoms with Crippen LogP contribution < -0.4 is 27.2 Å². The van der Waals surface area contributed by atoms with E-state index in [1.807, 2.05) is 36.4 Å². The Balaban J connectivity index is 1.91. The molecular formula is C32H35F2N9. The molecule has 0 radical (unpaired) electrons. The molecule has 43 heavy (non-hydrogen) atoms. The van der Waals surface area contributed by atoms with Gasteiger partial charge in [-0.3, -0.25) is 15.8 Å². The molecule has 9 nitrogen and oxygen atoms in total. The van der Waals surface area contributed by atoms with E-state index in [0.717, 1.165) is 16.5 Å². The van der Waals surface area contributed by atoms with Crippen LogP contribution in [0.2, 0.25) is 0 Å². The van der Waals surface area contributed by atoms with Crippen molar-refractivity contribution in [2.75, 3.05) is 17.2 Å². The fourth-order valence-electron chi connectivity index (χ4n) is 4.50. The summed E-state index contributed by atoms with van der Waals surface area (Å²) in [5, 5.41) is 31.0. The van der Waals surface area contributed by atoms with Gasteiger partial charge >= 0.3 is 0 Å². The Labute approximate surface area is 249 Å². The normalized spacial score (nSPS) is 13.0. The first-order valence-electron chi connectivity index (χ1n) is 13.7. The number of fused-ring (bicyclic) bond motifs is 2. The summed E-state index contributed by atoms with van der Waals surface area (Å²) in [6.07, 6.45) is 1.93. The fraction of sp³-hybridized carbons (Fsp3) is 0.312. The summed E-state index contributed by atoms with van der Waals surface area (Å²) < 4.78 is 27.4. The third-order valence-corrected chi connectivity index (χ3v) is 6.93. The highest BCUT2D eigenvalue weighted by atomic mass is 19.3. The Kier molecular flexibility index (Phi) is 8.98. The highest BCUT2D eigenvalue weighted by Gasteiger charge is 2.29. The van der Waals surface area contributed by atoms with Crippen LogP contribution in [0.3, 0.4) is 0 Å². The predicted molar refractivity (Wildman–Crippen MR) is 166 cm³/mol. The largest absolute Gasteiger partial charge is 0.383 e. The van der Waals surface area contributed by atoms with Crippen LogP contribution in [0.1, 0.15) is 57.4 Å². The smallest absolute Gasteiger partial charge is 0.260 e. The molecule has 4 rings (SSSR count). The maximum atomic E-state index is 13.7. The second-order valence-corrected chi connectivity index (χ2v) is 12.0. The van der Waals surface area contributed by atoms with Crippen molar-refractivity contribution in [1.29, 1.82) is 10.5 Å². The van der Waals surface area contributed by atoms with Gasteiger partial charge in [0.1, 0.15) is 12.1 Å². The Morgan fingerprint density at radius 3 is 2.40 bits per heavy atom. The van der Waals surface area contributed by atoms with E-state index in [-0.39, 0.29) is 5.41 Å². The summed E-state index contributed by atoms with van der Waals surface area (Å²) in [5.41, 5.74) is 5.09. The van der Waals surface area contributed by atoms with Crippen molar-refractivity contribution >= 4 is 33.2 Å². The molecule has 0 aliphatic carbocycles. The topological polar surface area (TPSA) is 148 Å². The minimum Gasteiger partial charge on any atom is -0.383 e. The van der Waals surface area contributed by atoms with E-state index in [0.29, 0.717) is 45.6 Å². The summed E-state index contributed by atoms with van der Waals surface area (Å²) in [6.45, 7) is 9.57. The number of hydrogen-bond acceptors (Lipinski definition) is 9. The number of anilines is 2. The molecule has 0 aliphatic rings. The number of pyridine rings is 2. The molecule has 1 atom stereocenters. The highest BCUT2D eigenvalue weighted by Crippen LogP contribution is 2.35. The lowest BCUT2D eigenvalue weighted by atomic mass is 9.96. The van der Waals surface area contributed by atoms with Gasteiger partial charge < -0.3 is 21.4 Å². The van der Waals surface area contributed by atoms with Crippen LogP contribution in [0.25, 0.3) is 21.8 Å². The van der Waals surface area contributed by atoms with Gasteiger partial charge in [-0.25, -0.2) is 8.78 Å². The molecule has 0 aliphatic heterocycles. The number of rotatable bonds is 10. The fourth-order valence-corrected chi connectivity index (χ4v) is 4.50. The molecule has 0 spiro atoms.